The molecule has 0 aliphatic heterocycles. The van der Waals surface area contributed by atoms with Gasteiger partial charge in [-0.15, -0.1) is 0 Å². The van der Waals surface area contributed by atoms with Crippen molar-refractivity contribution >= 4 is 11.4 Å². The second-order valence-electron chi connectivity index (χ2n) is 4.04. The number of non-ortho nitro benzene ring substituents is 1. The van der Waals surface area contributed by atoms with Crippen LogP contribution in [0.2, 0.25) is 0 Å². The van der Waals surface area contributed by atoms with E-state index in [4.69, 9.17) is 4.74 Å². The van der Waals surface area contributed by atoms with E-state index >= 15 is 0 Å². The molecule has 0 unspecified atom stereocenters. The molecule has 2 aromatic rings. The summed E-state index contributed by atoms with van der Waals surface area (Å²) in [6.45, 7) is 0.782. The lowest BCUT2D eigenvalue weighted by atomic mass is 10.3. The number of hydrogen-bond acceptors (Lipinski definition) is 4. The van der Waals surface area contributed by atoms with E-state index in [1.165, 1.54) is 24.3 Å². The van der Waals surface area contributed by atoms with E-state index in [1.54, 1.807) is 24.3 Å². The number of ether oxygens (including phenoxy) is 1. The highest BCUT2D eigenvalue weighted by Crippen LogP contribution is 2.17. The molecule has 0 saturated carbocycles. The third-order valence-corrected chi connectivity index (χ3v) is 2.55. The third kappa shape index (κ3) is 3.94. The second-order valence-corrected chi connectivity index (χ2v) is 4.04. The summed E-state index contributed by atoms with van der Waals surface area (Å²) in [6, 6.07) is 12.1. The van der Waals surface area contributed by atoms with Crippen molar-refractivity contribution in [2.75, 3.05) is 18.5 Å². The van der Waals surface area contributed by atoms with Gasteiger partial charge in [0.1, 0.15) is 18.2 Å². The Hall–Kier alpha value is -2.63. The first kappa shape index (κ1) is 13.8. The first-order valence-electron chi connectivity index (χ1n) is 6.02. The van der Waals surface area contributed by atoms with Gasteiger partial charge < -0.3 is 10.1 Å². The minimum absolute atomic E-state index is 0.0287. The van der Waals surface area contributed by atoms with Gasteiger partial charge in [0.2, 0.25) is 0 Å². The maximum atomic E-state index is 12.9. The Labute approximate surface area is 115 Å². The van der Waals surface area contributed by atoms with Crippen LogP contribution in [0.15, 0.2) is 48.5 Å². The van der Waals surface area contributed by atoms with Crippen LogP contribution in [-0.4, -0.2) is 18.1 Å². The molecular formula is C14H13FN2O3. The molecule has 0 spiro atoms. The van der Waals surface area contributed by atoms with Gasteiger partial charge in [-0.2, -0.15) is 0 Å². The smallest absolute Gasteiger partial charge is 0.271 e. The molecule has 0 bridgehead atoms. The number of nitrogens with zero attached hydrogens (tertiary/aromatic N) is 1. The van der Waals surface area contributed by atoms with Gasteiger partial charge >= 0.3 is 0 Å². The molecule has 0 aromatic heterocycles. The molecule has 0 radical (unpaired) electrons. The number of nitrogens with one attached hydrogen (secondary N) is 1. The van der Waals surface area contributed by atoms with E-state index in [9.17, 15) is 14.5 Å². The lowest BCUT2D eigenvalue weighted by Crippen LogP contribution is -2.11. The molecule has 0 aliphatic rings. The van der Waals surface area contributed by atoms with Gasteiger partial charge in [-0.25, -0.2) is 4.39 Å². The zero-order valence-electron chi connectivity index (χ0n) is 10.6. The van der Waals surface area contributed by atoms with E-state index in [1.807, 2.05) is 0 Å². The summed E-state index contributed by atoms with van der Waals surface area (Å²) >= 11 is 0. The molecular weight excluding hydrogens is 263 g/mol. The van der Waals surface area contributed by atoms with Crippen molar-refractivity contribution in [1.82, 2.24) is 0 Å². The fraction of sp³-hybridized carbons (Fsp3) is 0.143. The van der Waals surface area contributed by atoms with Gasteiger partial charge in [-0.1, -0.05) is 12.1 Å². The van der Waals surface area contributed by atoms with E-state index in [0.29, 0.717) is 24.6 Å². The lowest BCUT2D eigenvalue weighted by molar-refractivity contribution is -0.384. The maximum absolute atomic E-state index is 12.9. The number of hydrogen-bond donors (Lipinski definition) is 1. The third-order valence-electron chi connectivity index (χ3n) is 2.55. The normalized spacial score (nSPS) is 10.1. The molecule has 104 valence electrons. The van der Waals surface area contributed by atoms with E-state index in [0.717, 1.165) is 0 Å². The predicted molar refractivity (Wildman–Crippen MR) is 73.5 cm³/mol. The molecule has 5 nitrogen and oxygen atoms in total. The predicted octanol–water partition coefficient (Wildman–Crippen LogP) is 3.22. The van der Waals surface area contributed by atoms with Gasteiger partial charge in [0.25, 0.3) is 5.69 Å². The summed E-state index contributed by atoms with van der Waals surface area (Å²) in [6.07, 6.45) is 0. The Morgan fingerprint density at radius 2 is 2.00 bits per heavy atom. The van der Waals surface area contributed by atoms with Crippen LogP contribution in [0.25, 0.3) is 0 Å². The van der Waals surface area contributed by atoms with Crippen molar-refractivity contribution in [3.8, 4) is 5.75 Å². The first-order chi connectivity index (χ1) is 9.65. The minimum atomic E-state index is -0.450. The molecule has 0 aliphatic carbocycles. The lowest BCUT2D eigenvalue weighted by Gasteiger charge is -2.08. The van der Waals surface area contributed by atoms with Gasteiger partial charge in [0.05, 0.1) is 4.92 Å². The Morgan fingerprint density at radius 3 is 2.75 bits per heavy atom. The van der Waals surface area contributed by atoms with Gasteiger partial charge in [0.15, 0.2) is 0 Å². The molecule has 6 heteroatoms. The van der Waals surface area contributed by atoms with Crippen molar-refractivity contribution in [2.24, 2.45) is 0 Å². The van der Waals surface area contributed by atoms with Crippen molar-refractivity contribution in [2.45, 2.75) is 0 Å². The molecule has 0 fully saturated rings. The molecule has 2 rings (SSSR count). The van der Waals surface area contributed by atoms with Crippen LogP contribution in [0.4, 0.5) is 15.8 Å². The highest BCUT2D eigenvalue weighted by Gasteiger charge is 2.04. The number of benzene rings is 2. The van der Waals surface area contributed by atoms with Gasteiger partial charge in [-0.3, -0.25) is 10.1 Å². The van der Waals surface area contributed by atoms with Crippen LogP contribution in [0.1, 0.15) is 0 Å². The highest BCUT2D eigenvalue weighted by atomic mass is 19.1. The number of rotatable bonds is 6. The van der Waals surface area contributed by atoms with E-state index < -0.39 is 4.92 Å². The van der Waals surface area contributed by atoms with Crippen LogP contribution >= 0.6 is 0 Å². The molecule has 2 aromatic carbocycles. The van der Waals surface area contributed by atoms with Crippen LogP contribution in [0, 0.1) is 15.9 Å². The molecule has 20 heavy (non-hydrogen) atoms. The van der Waals surface area contributed by atoms with Crippen molar-refractivity contribution in [3.05, 3.63) is 64.5 Å². The quantitative estimate of drug-likeness (QED) is 0.500. The van der Waals surface area contributed by atoms with Crippen molar-refractivity contribution in [1.29, 1.82) is 0 Å². The topological polar surface area (TPSA) is 64.4 Å². The van der Waals surface area contributed by atoms with Crippen LogP contribution < -0.4 is 10.1 Å². The second kappa shape index (κ2) is 6.51. The Bertz CT molecular complexity index is 604. The molecule has 0 atom stereocenters. The average Bonchev–Trinajstić information content (AvgIpc) is 2.44. The number of halogens is 1. The summed E-state index contributed by atoms with van der Waals surface area (Å²) in [7, 11) is 0. The monoisotopic (exact) mass is 276 g/mol. The van der Waals surface area contributed by atoms with E-state index in [2.05, 4.69) is 5.32 Å². The number of anilines is 1. The largest absolute Gasteiger partial charge is 0.492 e. The number of nitro benzene ring substituents is 1. The van der Waals surface area contributed by atoms with E-state index in [-0.39, 0.29) is 11.5 Å². The number of nitro groups is 1. The summed E-state index contributed by atoms with van der Waals surface area (Å²) in [4.78, 5) is 10.2. The highest BCUT2D eigenvalue weighted by molar-refractivity contribution is 5.50. The fourth-order valence-corrected chi connectivity index (χ4v) is 1.65. The summed E-state index contributed by atoms with van der Waals surface area (Å²) in [5, 5.41) is 13.6. The summed E-state index contributed by atoms with van der Waals surface area (Å²) in [5.74, 6) is 0.0972. The Kier molecular flexibility index (Phi) is 4.49. The Morgan fingerprint density at radius 1 is 1.20 bits per heavy atom. The molecule has 0 heterocycles. The van der Waals surface area contributed by atoms with Gasteiger partial charge in [-0.05, 0) is 18.2 Å². The minimum Gasteiger partial charge on any atom is -0.492 e. The first-order valence-corrected chi connectivity index (χ1v) is 6.02. The Balaban J connectivity index is 1.81. The molecule has 1 N–H and O–H groups in total. The van der Waals surface area contributed by atoms with Crippen LogP contribution in [0.5, 0.6) is 5.75 Å². The van der Waals surface area contributed by atoms with Gasteiger partial charge in [0, 0.05) is 30.4 Å². The van der Waals surface area contributed by atoms with Crippen LogP contribution in [-0.2, 0) is 0 Å². The molecule has 0 saturated heterocycles. The zero-order valence-corrected chi connectivity index (χ0v) is 10.6. The standard InChI is InChI=1S/C14H13FN2O3/c15-11-3-1-6-14(9-11)20-8-7-16-12-4-2-5-13(10-12)17(18)19/h1-6,9-10,16H,7-8H2. The van der Waals surface area contributed by atoms with Crippen molar-refractivity contribution in [3.63, 3.8) is 0 Å². The maximum Gasteiger partial charge on any atom is 0.271 e. The fourth-order valence-electron chi connectivity index (χ4n) is 1.65. The molecule has 0 amide bonds. The summed E-state index contributed by atoms with van der Waals surface area (Å²) in [5.41, 5.74) is 0.670. The SMILES string of the molecule is O=[N+]([O-])c1cccc(NCCOc2cccc(F)c2)c1. The van der Waals surface area contributed by atoms with Crippen LogP contribution in [0.3, 0.4) is 0 Å². The average molecular weight is 276 g/mol. The summed E-state index contributed by atoms with van der Waals surface area (Å²) < 4.78 is 18.3. The zero-order chi connectivity index (χ0) is 14.4. The van der Waals surface area contributed by atoms with Crippen molar-refractivity contribution < 1.29 is 14.1 Å².